The summed E-state index contributed by atoms with van der Waals surface area (Å²) in [6.45, 7) is 6.49. The number of aromatic nitrogens is 1. The molecule has 2 atom stereocenters. The molecule has 0 unspecified atom stereocenters. The maximum absolute atomic E-state index is 14.3. The number of aliphatic hydroxyl groups excluding tert-OH is 1. The molecule has 0 aliphatic carbocycles. The number of ether oxygens (including phenoxy) is 1. The first-order chi connectivity index (χ1) is 21.9. The van der Waals surface area contributed by atoms with Crippen LogP contribution in [0.3, 0.4) is 0 Å². The third-order valence-electron chi connectivity index (χ3n) is 8.92. The third kappa shape index (κ3) is 7.70. The maximum atomic E-state index is 14.3. The van der Waals surface area contributed by atoms with Gasteiger partial charge in [0, 0.05) is 43.5 Å². The van der Waals surface area contributed by atoms with Crippen LogP contribution in [-0.4, -0.2) is 74.2 Å². The lowest BCUT2D eigenvalue weighted by molar-refractivity contribution is -0.143. The summed E-state index contributed by atoms with van der Waals surface area (Å²) >= 11 is 1.41. The van der Waals surface area contributed by atoms with Crippen molar-refractivity contribution in [2.75, 3.05) is 38.2 Å². The third-order valence-corrected chi connectivity index (χ3v) is 11.5. The summed E-state index contributed by atoms with van der Waals surface area (Å²) in [6.07, 6.45) is 1.11. The van der Waals surface area contributed by atoms with Gasteiger partial charge in [-0.1, -0.05) is 32.0 Å². The number of para-hydroxylation sites is 1. The lowest BCUT2D eigenvalue weighted by Crippen LogP contribution is -2.51. The number of aliphatic hydroxyl groups is 1. The molecule has 1 saturated heterocycles. The molecule has 250 valence electrons. The van der Waals surface area contributed by atoms with E-state index < -0.39 is 40.2 Å². The van der Waals surface area contributed by atoms with Gasteiger partial charge in [0.25, 0.3) is 0 Å². The van der Waals surface area contributed by atoms with E-state index in [-0.39, 0.29) is 48.3 Å². The van der Waals surface area contributed by atoms with E-state index >= 15 is 0 Å². The van der Waals surface area contributed by atoms with Gasteiger partial charge in [-0.05, 0) is 62.3 Å². The Hall–Kier alpha value is -3.13. The fourth-order valence-corrected chi connectivity index (χ4v) is 8.66. The lowest BCUT2D eigenvalue weighted by atomic mass is 9.78. The average molecular weight is 675 g/mol. The smallest absolute Gasteiger partial charge is 0.306 e. The second kappa shape index (κ2) is 14.3. The van der Waals surface area contributed by atoms with Crippen LogP contribution >= 0.6 is 11.3 Å². The molecule has 1 fully saturated rings. The number of halogens is 1. The highest BCUT2D eigenvalue weighted by atomic mass is 32.2. The molecule has 3 heterocycles. The van der Waals surface area contributed by atoms with Gasteiger partial charge in [-0.3, -0.25) is 14.0 Å². The average Bonchev–Trinajstić information content (AvgIpc) is 3.44. The van der Waals surface area contributed by atoms with Crippen LogP contribution in [0.4, 0.5) is 10.1 Å². The summed E-state index contributed by atoms with van der Waals surface area (Å²) in [5, 5.41) is 15.1. The molecule has 1 aromatic heterocycles. The summed E-state index contributed by atoms with van der Waals surface area (Å²) in [6, 6.07) is 9.67. The molecule has 0 bridgehead atoms. The topological polar surface area (TPSA) is 138 Å². The normalized spacial score (nSPS) is 19.0. The van der Waals surface area contributed by atoms with Crippen molar-refractivity contribution in [2.45, 2.75) is 76.3 Å². The Bertz CT molecular complexity index is 1640. The first-order valence-electron chi connectivity index (χ1n) is 15.9. The maximum Gasteiger partial charge on any atom is 0.306 e. The van der Waals surface area contributed by atoms with Gasteiger partial charge in [-0.15, -0.1) is 11.3 Å². The molecule has 2 aliphatic rings. The number of hydrogen-bond acceptors (Lipinski definition) is 9. The highest BCUT2D eigenvalue weighted by Gasteiger charge is 2.39. The largest absolute Gasteiger partial charge is 0.466 e. The van der Waals surface area contributed by atoms with Crippen molar-refractivity contribution in [1.82, 2.24) is 14.6 Å². The van der Waals surface area contributed by atoms with Crippen molar-refractivity contribution >= 4 is 49.1 Å². The Morgan fingerprint density at radius 3 is 2.67 bits per heavy atom. The number of aryl methyl sites for hydroxylation is 1. The van der Waals surface area contributed by atoms with Gasteiger partial charge in [0.05, 0.1) is 40.3 Å². The molecule has 0 saturated carbocycles. The Labute approximate surface area is 273 Å². The molecule has 2 aliphatic heterocycles. The van der Waals surface area contributed by atoms with Crippen LogP contribution in [0.2, 0.25) is 0 Å². The summed E-state index contributed by atoms with van der Waals surface area (Å²) in [5.41, 5.74) is 1.43. The second-order valence-electron chi connectivity index (χ2n) is 12.8. The number of nitrogens with zero attached hydrogens (tertiary/aromatic N) is 2. The summed E-state index contributed by atoms with van der Waals surface area (Å²) in [7, 11) is -4.35. The van der Waals surface area contributed by atoms with E-state index in [1.54, 1.807) is 17.9 Å². The van der Waals surface area contributed by atoms with Crippen molar-refractivity contribution in [3.63, 3.8) is 0 Å². The Kier molecular flexibility index (Phi) is 10.7. The Morgan fingerprint density at radius 1 is 1.24 bits per heavy atom. The highest BCUT2D eigenvalue weighted by molar-refractivity contribution is 7.89. The number of nitrogens with one attached hydrogen (secondary N) is 2. The number of benzene rings is 2. The van der Waals surface area contributed by atoms with Gasteiger partial charge < -0.3 is 20.1 Å². The number of esters is 1. The fourth-order valence-electron chi connectivity index (χ4n) is 6.20. The van der Waals surface area contributed by atoms with Gasteiger partial charge in [0.15, 0.2) is 0 Å². The van der Waals surface area contributed by atoms with E-state index in [4.69, 9.17) is 4.74 Å². The molecule has 3 N–H and O–H groups in total. The minimum atomic E-state index is -4.35. The van der Waals surface area contributed by atoms with E-state index in [1.807, 2.05) is 38.1 Å². The predicted octanol–water partition coefficient (Wildman–Crippen LogP) is 4.76. The van der Waals surface area contributed by atoms with Crippen LogP contribution in [0.15, 0.2) is 41.3 Å². The molecular weight excluding hydrogens is 632 g/mol. The van der Waals surface area contributed by atoms with Gasteiger partial charge in [-0.25, -0.2) is 13.4 Å². The van der Waals surface area contributed by atoms with E-state index in [1.165, 1.54) is 17.4 Å². The zero-order valence-corrected chi connectivity index (χ0v) is 28.2. The minimum Gasteiger partial charge on any atom is -0.466 e. The van der Waals surface area contributed by atoms with E-state index in [2.05, 4.69) is 15.0 Å². The number of anilines is 1. The first-order valence-corrected chi connectivity index (χ1v) is 18.2. The standard InChI is InChI=1S/C33H43FN4O6S2/c1-4-44-29(39)10-9-22-17-23-30(35-20-33(2,3)31(23)40)27(18-22)46(42,43)37-25(19-28-36-24-7-5-6-8-26(24)45-28)32(41)38-15-12-21(11-14-34)13-16-38/h5-8,17-18,21,25,31,35,37,40H,4,9-16,19-20H2,1-3H3/t25-,31+/m0/s1. The van der Waals surface area contributed by atoms with Crippen LogP contribution in [0.5, 0.6) is 0 Å². The quantitative estimate of drug-likeness (QED) is 0.234. The molecule has 5 rings (SSSR count). The summed E-state index contributed by atoms with van der Waals surface area (Å²) in [5.74, 6) is -0.569. The SMILES string of the molecule is CCOC(=O)CCc1cc2c(c(S(=O)(=O)N[C@@H](Cc3nc4ccccc4s3)C(=O)N3CCC(CCF)CC3)c1)NCC(C)(C)[C@@H]2O. The number of likely N-dealkylation sites (tertiary alicyclic amines) is 1. The van der Waals surface area contributed by atoms with Gasteiger partial charge in [-0.2, -0.15) is 4.72 Å². The molecule has 0 radical (unpaired) electrons. The molecule has 46 heavy (non-hydrogen) atoms. The number of alkyl halides is 1. The number of fused-ring (bicyclic) bond motifs is 2. The molecule has 13 heteroatoms. The van der Waals surface area contributed by atoms with Gasteiger partial charge in [0.2, 0.25) is 15.9 Å². The van der Waals surface area contributed by atoms with Crippen molar-refractivity contribution in [2.24, 2.45) is 11.3 Å². The number of thiazole rings is 1. The number of carbonyl (C=O) groups excluding carboxylic acids is 2. The van der Waals surface area contributed by atoms with E-state index in [0.29, 0.717) is 55.0 Å². The highest BCUT2D eigenvalue weighted by Crippen LogP contribution is 2.44. The zero-order chi connectivity index (χ0) is 33.1. The van der Waals surface area contributed by atoms with Crippen LogP contribution in [0.25, 0.3) is 10.2 Å². The number of carbonyl (C=O) groups is 2. The van der Waals surface area contributed by atoms with Crippen LogP contribution in [0, 0.1) is 11.3 Å². The zero-order valence-electron chi connectivity index (χ0n) is 26.6. The van der Waals surface area contributed by atoms with E-state index in [9.17, 15) is 27.5 Å². The van der Waals surface area contributed by atoms with E-state index in [0.717, 1.165) is 10.2 Å². The summed E-state index contributed by atoms with van der Waals surface area (Å²) < 4.78 is 50.3. The molecule has 10 nitrogen and oxygen atoms in total. The van der Waals surface area contributed by atoms with Crippen LogP contribution in [-0.2, 0) is 37.2 Å². The monoisotopic (exact) mass is 674 g/mol. The number of piperidine rings is 1. The van der Waals surface area contributed by atoms with Crippen LogP contribution in [0.1, 0.15) is 68.7 Å². The van der Waals surface area contributed by atoms with Crippen molar-refractivity contribution < 1.29 is 32.2 Å². The molecule has 0 spiro atoms. The van der Waals surface area contributed by atoms with Gasteiger partial charge in [0.1, 0.15) is 10.9 Å². The molecule has 2 aromatic carbocycles. The Balaban J connectivity index is 1.49. The van der Waals surface area contributed by atoms with Crippen molar-refractivity contribution in [3.05, 3.63) is 52.5 Å². The summed E-state index contributed by atoms with van der Waals surface area (Å²) in [4.78, 5) is 32.4. The first kappa shape index (κ1) is 34.2. The number of sulfonamides is 1. The molecule has 1 amide bonds. The van der Waals surface area contributed by atoms with Gasteiger partial charge >= 0.3 is 5.97 Å². The fraction of sp³-hybridized carbons (Fsp3) is 0.545. The predicted molar refractivity (Wildman–Crippen MR) is 176 cm³/mol. The number of hydrogen-bond donors (Lipinski definition) is 3. The van der Waals surface area contributed by atoms with Crippen molar-refractivity contribution in [3.8, 4) is 0 Å². The molecule has 3 aromatic rings. The second-order valence-corrected chi connectivity index (χ2v) is 15.6. The Morgan fingerprint density at radius 2 is 1.98 bits per heavy atom. The van der Waals surface area contributed by atoms with Crippen LogP contribution < -0.4 is 10.0 Å². The van der Waals surface area contributed by atoms with Crippen molar-refractivity contribution in [1.29, 1.82) is 0 Å². The number of rotatable bonds is 12. The molecular formula is C33H43FN4O6S2. The number of amides is 1. The lowest BCUT2D eigenvalue weighted by Gasteiger charge is -2.38. The minimum absolute atomic E-state index is 0.0452.